The molecule has 0 aliphatic carbocycles. The highest BCUT2D eigenvalue weighted by molar-refractivity contribution is 5.90. The molecule has 6 nitrogen and oxygen atoms in total. The summed E-state index contributed by atoms with van der Waals surface area (Å²) in [6.45, 7) is 7.08. The Morgan fingerprint density at radius 1 is 0.593 bits per heavy atom. The number of pyridine rings is 1. The number of rotatable bonds is 26. The molecule has 1 heterocycles. The van der Waals surface area contributed by atoms with Gasteiger partial charge in [0.05, 0.1) is 24.0 Å². The van der Waals surface area contributed by atoms with E-state index >= 15 is 0 Å². The van der Waals surface area contributed by atoms with Gasteiger partial charge in [0.1, 0.15) is 11.5 Å². The lowest BCUT2D eigenvalue weighted by molar-refractivity contribution is -0.134. The van der Waals surface area contributed by atoms with Gasteiger partial charge in [0.25, 0.3) is 0 Å². The van der Waals surface area contributed by atoms with Crippen LogP contribution in [0.1, 0.15) is 146 Å². The van der Waals surface area contributed by atoms with E-state index in [1.165, 1.54) is 63.4 Å². The molecule has 0 bridgehead atoms. The van der Waals surface area contributed by atoms with Gasteiger partial charge in [-0.3, -0.25) is 9.78 Å². The summed E-state index contributed by atoms with van der Waals surface area (Å²) in [6, 6.07) is 27.5. The van der Waals surface area contributed by atoms with E-state index in [9.17, 15) is 9.59 Å². The van der Waals surface area contributed by atoms with Crippen molar-refractivity contribution < 1.29 is 23.8 Å². The van der Waals surface area contributed by atoms with Gasteiger partial charge in [0, 0.05) is 18.2 Å². The van der Waals surface area contributed by atoms with Crippen LogP contribution < -0.4 is 9.47 Å². The van der Waals surface area contributed by atoms with Gasteiger partial charge in [-0.25, -0.2) is 4.79 Å². The molecule has 0 unspecified atom stereocenters. The fourth-order valence-electron chi connectivity index (χ4n) is 6.53. The maximum atomic E-state index is 12.6. The third kappa shape index (κ3) is 15.9. The van der Waals surface area contributed by atoms with E-state index in [-0.39, 0.29) is 18.0 Å². The first-order chi connectivity index (χ1) is 26.4. The molecule has 0 fully saturated rings. The number of carbonyl (C=O) groups excluding carboxylic acids is 2. The van der Waals surface area contributed by atoms with Crippen molar-refractivity contribution in [2.75, 3.05) is 6.61 Å². The third-order valence-corrected chi connectivity index (χ3v) is 9.90. The molecular formula is C48H63NO5. The number of carbonyl (C=O) groups is 2. The molecule has 0 saturated carbocycles. The van der Waals surface area contributed by atoms with Crippen molar-refractivity contribution in [1.82, 2.24) is 4.98 Å². The van der Waals surface area contributed by atoms with Gasteiger partial charge < -0.3 is 14.2 Å². The highest BCUT2D eigenvalue weighted by Gasteiger charge is 2.13. The number of hydrogen-bond donors (Lipinski definition) is 0. The second kappa shape index (κ2) is 24.8. The van der Waals surface area contributed by atoms with Crippen molar-refractivity contribution >= 4 is 11.9 Å². The standard InChI is InChI=1S/C48H63NO5/c1-4-6-8-10-12-16-20-39-22-35-46(49-37-39)42-29-31-44(32-30-42)52-36-18-14-11-13-17-21-47(50)54-45-33-27-41(28-34-45)40-23-25-43(26-24-40)48(51)53-38(3)19-15-9-7-5-2/h22-35,37-38H,4-21,36H2,1-3H3/t38-/m1/s1. The molecule has 1 atom stereocenters. The van der Waals surface area contributed by atoms with E-state index in [2.05, 4.69) is 38.1 Å². The zero-order valence-electron chi connectivity index (χ0n) is 33.2. The third-order valence-electron chi connectivity index (χ3n) is 9.90. The molecule has 0 radical (unpaired) electrons. The number of nitrogens with zero attached hydrogens (tertiary/aromatic N) is 1. The van der Waals surface area contributed by atoms with E-state index in [1.54, 1.807) is 12.1 Å². The molecule has 3 aromatic carbocycles. The summed E-state index contributed by atoms with van der Waals surface area (Å²) in [4.78, 5) is 29.7. The zero-order valence-corrected chi connectivity index (χ0v) is 33.2. The molecule has 54 heavy (non-hydrogen) atoms. The monoisotopic (exact) mass is 733 g/mol. The summed E-state index contributed by atoms with van der Waals surface area (Å²) < 4.78 is 17.2. The Bertz CT molecular complexity index is 1610. The Hall–Kier alpha value is -4.45. The van der Waals surface area contributed by atoms with Crippen LogP contribution in [0.2, 0.25) is 0 Å². The highest BCUT2D eigenvalue weighted by Crippen LogP contribution is 2.25. The summed E-state index contributed by atoms with van der Waals surface area (Å²) in [5.74, 6) is 0.917. The number of ether oxygens (including phenoxy) is 3. The van der Waals surface area contributed by atoms with Crippen molar-refractivity contribution in [3.63, 3.8) is 0 Å². The van der Waals surface area contributed by atoms with Gasteiger partial charge in [-0.15, -0.1) is 0 Å². The molecule has 0 N–H and O–H groups in total. The molecular weight excluding hydrogens is 671 g/mol. The number of hydrogen-bond acceptors (Lipinski definition) is 6. The van der Waals surface area contributed by atoms with Gasteiger partial charge in [-0.2, -0.15) is 0 Å². The second-order valence-electron chi connectivity index (χ2n) is 14.6. The molecule has 0 saturated heterocycles. The Balaban J connectivity index is 1.04. The number of unbranched alkanes of at least 4 members (excludes halogenated alkanes) is 12. The minimum absolute atomic E-state index is 0.0859. The van der Waals surface area contributed by atoms with E-state index in [0.717, 1.165) is 79.5 Å². The summed E-state index contributed by atoms with van der Waals surface area (Å²) >= 11 is 0. The van der Waals surface area contributed by atoms with Crippen LogP contribution in [0.4, 0.5) is 0 Å². The Morgan fingerprint density at radius 2 is 1.17 bits per heavy atom. The lowest BCUT2D eigenvalue weighted by Gasteiger charge is -2.13. The van der Waals surface area contributed by atoms with Crippen LogP contribution in [-0.4, -0.2) is 29.6 Å². The predicted molar refractivity (Wildman–Crippen MR) is 221 cm³/mol. The largest absolute Gasteiger partial charge is 0.494 e. The van der Waals surface area contributed by atoms with E-state index in [4.69, 9.17) is 19.2 Å². The molecule has 0 aliphatic heterocycles. The average molecular weight is 734 g/mol. The van der Waals surface area contributed by atoms with Crippen molar-refractivity contribution in [2.45, 2.75) is 142 Å². The minimum atomic E-state index is -0.286. The predicted octanol–water partition coefficient (Wildman–Crippen LogP) is 13.2. The molecule has 0 aliphatic rings. The molecule has 1 aromatic heterocycles. The van der Waals surface area contributed by atoms with Gasteiger partial charge in [-0.05, 0) is 117 Å². The molecule has 290 valence electrons. The Morgan fingerprint density at radius 3 is 1.83 bits per heavy atom. The van der Waals surface area contributed by atoms with Gasteiger partial charge in [-0.1, -0.05) is 115 Å². The van der Waals surface area contributed by atoms with Crippen LogP contribution in [-0.2, 0) is 16.0 Å². The number of esters is 2. The Labute approximate surface area is 325 Å². The van der Waals surface area contributed by atoms with Crippen LogP contribution in [0.5, 0.6) is 11.5 Å². The first-order valence-corrected chi connectivity index (χ1v) is 20.8. The molecule has 0 spiro atoms. The summed E-state index contributed by atoms with van der Waals surface area (Å²) in [5.41, 5.74) is 5.92. The summed E-state index contributed by atoms with van der Waals surface area (Å²) in [6.07, 6.45) is 21.8. The minimum Gasteiger partial charge on any atom is -0.494 e. The van der Waals surface area contributed by atoms with E-state index in [1.807, 2.05) is 61.7 Å². The van der Waals surface area contributed by atoms with Crippen molar-refractivity contribution in [1.29, 1.82) is 0 Å². The molecule has 0 amide bonds. The van der Waals surface area contributed by atoms with Crippen LogP contribution >= 0.6 is 0 Å². The lowest BCUT2D eigenvalue weighted by Crippen LogP contribution is -2.15. The van der Waals surface area contributed by atoms with E-state index < -0.39 is 0 Å². The number of benzene rings is 3. The van der Waals surface area contributed by atoms with Gasteiger partial charge >= 0.3 is 11.9 Å². The smallest absolute Gasteiger partial charge is 0.338 e. The topological polar surface area (TPSA) is 74.7 Å². The molecule has 4 aromatic rings. The summed E-state index contributed by atoms with van der Waals surface area (Å²) in [5, 5.41) is 0. The maximum absolute atomic E-state index is 12.6. The van der Waals surface area contributed by atoms with Crippen molar-refractivity contribution in [2.24, 2.45) is 0 Å². The quantitative estimate of drug-likeness (QED) is 0.0363. The van der Waals surface area contributed by atoms with Crippen molar-refractivity contribution in [3.05, 3.63) is 102 Å². The van der Waals surface area contributed by atoms with Gasteiger partial charge in [0.15, 0.2) is 0 Å². The van der Waals surface area contributed by atoms with Crippen LogP contribution in [0.25, 0.3) is 22.4 Å². The molecule has 4 rings (SSSR count). The van der Waals surface area contributed by atoms with Crippen molar-refractivity contribution in [3.8, 4) is 33.9 Å². The van der Waals surface area contributed by atoms with Crippen LogP contribution in [0.15, 0.2) is 91.1 Å². The Kier molecular flexibility index (Phi) is 19.4. The molecule has 6 heteroatoms. The highest BCUT2D eigenvalue weighted by atomic mass is 16.5. The zero-order chi connectivity index (χ0) is 38.2. The first-order valence-electron chi connectivity index (χ1n) is 20.8. The second-order valence-corrected chi connectivity index (χ2v) is 14.6. The van der Waals surface area contributed by atoms with E-state index in [0.29, 0.717) is 24.3 Å². The fraction of sp³-hybridized carbons (Fsp3) is 0.479. The number of aromatic nitrogens is 1. The van der Waals surface area contributed by atoms with Crippen LogP contribution in [0.3, 0.4) is 0 Å². The average Bonchev–Trinajstić information content (AvgIpc) is 3.19. The van der Waals surface area contributed by atoms with Crippen LogP contribution in [0, 0.1) is 0 Å². The fourth-order valence-corrected chi connectivity index (χ4v) is 6.53. The normalized spacial score (nSPS) is 11.6. The first kappa shape index (κ1) is 42.3. The lowest BCUT2D eigenvalue weighted by atomic mass is 10.0. The van der Waals surface area contributed by atoms with Gasteiger partial charge in [0.2, 0.25) is 0 Å². The summed E-state index contributed by atoms with van der Waals surface area (Å²) in [7, 11) is 0. The SMILES string of the molecule is CCCCCCCCc1ccc(-c2ccc(OCCCCCCCC(=O)Oc3ccc(-c4ccc(C(=O)O[C@H](C)CCCCCC)cc4)cc3)cc2)nc1. The number of aryl methyl sites for hydroxylation is 1. The maximum Gasteiger partial charge on any atom is 0.338 e.